The van der Waals surface area contributed by atoms with Gasteiger partial charge in [-0.1, -0.05) is 91.0 Å². The number of hydrazine groups is 1. The molecule has 0 aliphatic rings. The molecule has 3 rings (SSSR count). The summed E-state index contributed by atoms with van der Waals surface area (Å²) in [7, 11) is 0. The number of hydrogen-bond acceptors (Lipinski definition) is 2. The highest BCUT2D eigenvalue weighted by Gasteiger charge is 2.35. The Kier molecular flexibility index (Phi) is 4.33. The fraction of sp³-hybridized carbons (Fsp3) is 0.100. The predicted molar refractivity (Wildman–Crippen MR) is 91.4 cm³/mol. The number of nitrogens with one attached hydrogen (secondary N) is 1. The molecule has 0 unspecified atom stereocenters. The maximum atomic E-state index is 5.78. The summed E-state index contributed by atoms with van der Waals surface area (Å²) in [6, 6.07) is 31.6. The van der Waals surface area contributed by atoms with Crippen LogP contribution in [-0.4, -0.2) is 6.54 Å². The van der Waals surface area contributed by atoms with Gasteiger partial charge < -0.3 is 0 Å². The molecule has 2 heteroatoms. The minimum absolute atomic E-state index is 0.307. The van der Waals surface area contributed by atoms with Gasteiger partial charge in [-0.15, -0.1) is 0 Å². The third-order valence-corrected chi connectivity index (χ3v) is 4.17. The summed E-state index contributed by atoms with van der Waals surface area (Å²) < 4.78 is 0. The quantitative estimate of drug-likeness (QED) is 0.428. The molecule has 3 N–H and O–H groups in total. The van der Waals surface area contributed by atoms with E-state index in [0.717, 1.165) is 0 Å². The molecular weight excluding hydrogens is 268 g/mol. The van der Waals surface area contributed by atoms with Crippen molar-refractivity contribution in [3.8, 4) is 0 Å². The SMILES string of the molecule is NNCC(c1ccccc1)(c1ccccc1)c1ccccc1. The van der Waals surface area contributed by atoms with Gasteiger partial charge in [-0.25, -0.2) is 0 Å². The van der Waals surface area contributed by atoms with Crippen molar-refractivity contribution in [2.75, 3.05) is 6.54 Å². The highest BCUT2D eigenvalue weighted by Crippen LogP contribution is 2.38. The molecule has 3 aromatic rings. The zero-order valence-electron chi connectivity index (χ0n) is 12.4. The lowest BCUT2D eigenvalue weighted by molar-refractivity contribution is 0.546. The van der Waals surface area contributed by atoms with Crippen LogP contribution in [0, 0.1) is 0 Å². The van der Waals surface area contributed by atoms with Crippen molar-refractivity contribution in [3.05, 3.63) is 108 Å². The van der Waals surface area contributed by atoms with Gasteiger partial charge in [0.15, 0.2) is 0 Å². The maximum absolute atomic E-state index is 5.78. The first kappa shape index (κ1) is 14.5. The standard InChI is InChI=1S/C20H20N2/c21-22-16-20(17-10-4-1-5-11-17,18-12-6-2-7-13-18)19-14-8-3-9-15-19/h1-15,22H,16,21H2. The normalized spacial score (nSPS) is 11.3. The Morgan fingerprint density at radius 1 is 0.591 bits per heavy atom. The molecule has 0 aromatic heterocycles. The van der Waals surface area contributed by atoms with E-state index in [0.29, 0.717) is 6.54 Å². The number of hydrogen-bond donors (Lipinski definition) is 2. The highest BCUT2D eigenvalue weighted by molar-refractivity contribution is 5.50. The molecule has 0 heterocycles. The Morgan fingerprint density at radius 2 is 0.909 bits per heavy atom. The Balaban J connectivity index is 2.29. The van der Waals surface area contributed by atoms with Crippen LogP contribution in [0.3, 0.4) is 0 Å². The van der Waals surface area contributed by atoms with Crippen LogP contribution in [0.15, 0.2) is 91.0 Å². The molecule has 2 nitrogen and oxygen atoms in total. The second-order valence-corrected chi connectivity index (χ2v) is 5.38. The Bertz CT molecular complexity index is 597. The average molecular weight is 288 g/mol. The van der Waals surface area contributed by atoms with E-state index in [2.05, 4.69) is 78.2 Å². The molecule has 0 spiro atoms. The van der Waals surface area contributed by atoms with Crippen LogP contribution in [0.1, 0.15) is 16.7 Å². The molecule has 0 radical (unpaired) electrons. The van der Waals surface area contributed by atoms with E-state index in [1.807, 2.05) is 18.2 Å². The Labute approximate surface area is 131 Å². The average Bonchev–Trinajstić information content (AvgIpc) is 2.62. The maximum Gasteiger partial charge on any atom is 0.0589 e. The summed E-state index contributed by atoms with van der Waals surface area (Å²) in [5.74, 6) is 5.78. The van der Waals surface area contributed by atoms with Gasteiger partial charge in [-0.3, -0.25) is 11.3 Å². The highest BCUT2D eigenvalue weighted by atomic mass is 15.2. The van der Waals surface area contributed by atoms with Gasteiger partial charge >= 0.3 is 0 Å². The Hall–Kier alpha value is -2.42. The van der Waals surface area contributed by atoms with E-state index in [4.69, 9.17) is 5.84 Å². The molecule has 0 aliphatic carbocycles. The first-order valence-corrected chi connectivity index (χ1v) is 7.48. The van der Waals surface area contributed by atoms with Gasteiger partial charge in [0.2, 0.25) is 0 Å². The van der Waals surface area contributed by atoms with Crippen molar-refractivity contribution < 1.29 is 0 Å². The largest absolute Gasteiger partial charge is 0.271 e. The van der Waals surface area contributed by atoms with Gasteiger partial charge in [0.05, 0.1) is 5.41 Å². The summed E-state index contributed by atoms with van der Waals surface area (Å²) in [6.45, 7) is 0.630. The summed E-state index contributed by atoms with van der Waals surface area (Å²) in [5.41, 5.74) is 6.28. The van der Waals surface area contributed by atoms with Crippen LogP contribution in [0.4, 0.5) is 0 Å². The number of benzene rings is 3. The fourth-order valence-corrected chi connectivity index (χ4v) is 3.13. The van der Waals surface area contributed by atoms with Gasteiger partial charge in [0, 0.05) is 6.54 Å². The fourth-order valence-electron chi connectivity index (χ4n) is 3.13. The molecule has 0 fully saturated rings. The Morgan fingerprint density at radius 3 is 1.18 bits per heavy atom. The monoisotopic (exact) mass is 288 g/mol. The van der Waals surface area contributed by atoms with Crippen LogP contribution < -0.4 is 11.3 Å². The topological polar surface area (TPSA) is 38.0 Å². The molecule has 0 saturated carbocycles. The van der Waals surface area contributed by atoms with Gasteiger partial charge in [0.1, 0.15) is 0 Å². The third-order valence-electron chi connectivity index (χ3n) is 4.17. The van der Waals surface area contributed by atoms with Crippen molar-refractivity contribution in [2.24, 2.45) is 5.84 Å². The van der Waals surface area contributed by atoms with E-state index in [9.17, 15) is 0 Å². The van der Waals surface area contributed by atoms with Crippen LogP contribution in [-0.2, 0) is 5.41 Å². The van der Waals surface area contributed by atoms with Crippen molar-refractivity contribution in [1.29, 1.82) is 0 Å². The molecular formula is C20H20N2. The van der Waals surface area contributed by atoms with Crippen molar-refractivity contribution in [2.45, 2.75) is 5.41 Å². The first-order chi connectivity index (χ1) is 10.9. The van der Waals surface area contributed by atoms with E-state index in [1.165, 1.54) is 16.7 Å². The van der Waals surface area contributed by atoms with Gasteiger partial charge in [0.25, 0.3) is 0 Å². The minimum Gasteiger partial charge on any atom is -0.271 e. The van der Waals surface area contributed by atoms with Gasteiger partial charge in [-0.05, 0) is 16.7 Å². The van der Waals surface area contributed by atoms with E-state index in [-0.39, 0.29) is 5.41 Å². The molecule has 0 saturated heterocycles. The number of nitrogens with two attached hydrogens (primary N) is 1. The lowest BCUT2D eigenvalue weighted by atomic mass is 9.69. The summed E-state index contributed by atoms with van der Waals surface area (Å²) in [6.07, 6.45) is 0. The molecule has 0 amide bonds. The van der Waals surface area contributed by atoms with Crippen molar-refractivity contribution >= 4 is 0 Å². The lowest BCUT2D eigenvalue weighted by Gasteiger charge is -2.35. The van der Waals surface area contributed by atoms with E-state index >= 15 is 0 Å². The summed E-state index contributed by atoms with van der Waals surface area (Å²) in [4.78, 5) is 0. The third kappa shape index (κ3) is 2.54. The smallest absolute Gasteiger partial charge is 0.0589 e. The van der Waals surface area contributed by atoms with Gasteiger partial charge in [-0.2, -0.15) is 0 Å². The summed E-state index contributed by atoms with van der Waals surface area (Å²) in [5, 5.41) is 0. The summed E-state index contributed by atoms with van der Waals surface area (Å²) >= 11 is 0. The second kappa shape index (κ2) is 6.56. The predicted octanol–water partition coefficient (Wildman–Crippen LogP) is 3.48. The molecule has 110 valence electrons. The van der Waals surface area contributed by atoms with Crippen LogP contribution >= 0.6 is 0 Å². The van der Waals surface area contributed by atoms with Crippen molar-refractivity contribution in [3.63, 3.8) is 0 Å². The van der Waals surface area contributed by atoms with Crippen molar-refractivity contribution in [1.82, 2.24) is 5.43 Å². The molecule has 0 atom stereocenters. The van der Waals surface area contributed by atoms with E-state index < -0.39 is 0 Å². The molecule has 0 bridgehead atoms. The zero-order valence-corrected chi connectivity index (χ0v) is 12.4. The number of rotatable bonds is 5. The van der Waals surface area contributed by atoms with Crippen LogP contribution in [0.25, 0.3) is 0 Å². The molecule has 22 heavy (non-hydrogen) atoms. The molecule has 0 aliphatic heterocycles. The lowest BCUT2D eigenvalue weighted by Crippen LogP contribution is -2.43. The van der Waals surface area contributed by atoms with Crippen LogP contribution in [0.5, 0.6) is 0 Å². The zero-order chi connectivity index (χ0) is 15.3. The van der Waals surface area contributed by atoms with Crippen LogP contribution in [0.2, 0.25) is 0 Å². The second-order valence-electron chi connectivity index (χ2n) is 5.38. The molecule has 3 aromatic carbocycles. The first-order valence-electron chi connectivity index (χ1n) is 7.48. The van der Waals surface area contributed by atoms with E-state index in [1.54, 1.807) is 0 Å². The minimum atomic E-state index is -0.307.